The van der Waals surface area contributed by atoms with Gasteiger partial charge in [-0.2, -0.15) is 0 Å². The monoisotopic (exact) mass is 355 g/mol. The number of aromatic nitrogens is 1. The molecule has 0 fully saturated rings. The van der Waals surface area contributed by atoms with Gasteiger partial charge >= 0.3 is 0 Å². The minimum atomic E-state index is 0. The lowest BCUT2D eigenvalue weighted by atomic mass is 10.1. The summed E-state index contributed by atoms with van der Waals surface area (Å²) in [4.78, 5) is 0. The van der Waals surface area contributed by atoms with Crippen molar-refractivity contribution in [3.63, 3.8) is 0 Å². The molecule has 0 saturated carbocycles. The minimum absolute atomic E-state index is 0. The Hall–Kier alpha value is -0.370. The van der Waals surface area contributed by atoms with Crippen molar-refractivity contribution in [2.75, 3.05) is 0 Å². The lowest BCUT2D eigenvalue weighted by Crippen LogP contribution is -3.00. The van der Waals surface area contributed by atoms with Gasteiger partial charge in [-0.05, 0) is 12.5 Å². The number of nitrogens with zero attached hydrogens (tertiary/aromatic N) is 1. The fourth-order valence-corrected chi connectivity index (χ4v) is 2.89. The van der Waals surface area contributed by atoms with Crippen molar-refractivity contribution in [1.82, 2.24) is 0 Å². The molecular formula is C19H34BrN. The van der Waals surface area contributed by atoms with Gasteiger partial charge < -0.3 is 17.0 Å². The van der Waals surface area contributed by atoms with Crippen LogP contribution in [0.1, 0.15) is 82.5 Å². The summed E-state index contributed by atoms with van der Waals surface area (Å²) in [6.07, 6.45) is 14.1. The summed E-state index contributed by atoms with van der Waals surface area (Å²) in [5.41, 5.74) is 2.78. The van der Waals surface area contributed by atoms with E-state index in [1.165, 1.54) is 82.1 Å². The number of halogens is 1. The Morgan fingerprint density at radius 2 is 1.14 bits per heavy atom. The van der Waals surface area contributed by atoms with Gasteiger partial charge in [-0.25, -0.2) is 4.57 Å². The van der Waals surface area contributed by atoms with Crippen LogP contribution in [0, 0.1) is 13.8 Å². The molecule has 21 heavy (non-hydrogen) atoms. The van der Waals surface area contributed by atoms with Gasteiger partial charge in [0.1, 0.15) is 6.54 Å². The topological polar surface area (TPSA) is 3.88 Å². The van der Waals surface area contributed by atoms with E-state index in [9.17, 15) is 0 Å². The number of hydrogen-bond acceptors (Lipinski definition) is 0. The van der Waals surface area contributed by atoms with Crippen LogP contribution < -0.4 is 21.5 Å². The number of rotatable bonds is 11. The lowest BCUT2D eigenvalue weighted by Gasteiger charge is -2.04. The SMILES string of the molecule is CCCCCCCCCCCC[n+]1c(C)cccc1C.[Br-]. The van der Waals surface area contributed by atoms with Crippen molar-refractivity contribution in [1.29, 1.82) is 0 Å². The molecule has 1 aromatic rings. The normalized spacial score (nSPS) is 10.4. The molecule has 1 aromatic heterocycles. The van der Waals surface area contributed by atoms with Crippen LogP contribution in [0.15, 0.2) is 18.2 Å². The van der Waals surface area contributed by atoms with E-state index in [-0.39, 0.29) is 17.0 Å². The molecule has 0 amide bonds. The molecule has 1 nitrogen and oxygen atoms in total. The summed E-state index contributed by atoms with van der Waals surface area (Å²) in [5.74, 6) is 0. The molecule has 1 rings (SSSR count). The third-order valence-corrected chi connectivity index (χ3v) is 4.26. The molecule has 0 radical (unpaired) electrons. The van der Waals surface area contributed by atoms with Gasteiger partial charge in [0, 0.05) is 32.4 Å². The highest BCUT2D eigenvalue weighted by Gasteiger charge is 2.08. The molecule has 122 valence electrons. The highest BCUT2D eigenvalue weighted by molar-refractivity contribution is 5.00. The van der Waals surface area contributed by atoms with Crippen molar-refractivity contribution >= 4 is 0 Å². The number of hydrogen-bond donors (Lipinski definition) is 0. The molecule has 0 bridgehead atoms. The van der Waals surface area contributed by atoms with Gasteiger partial charge in [0.05, 0.1) is 0 Å². The standard InChI is InChI=1S/C19H34N.BrH/c1-4-5-6-7-8-9-10-11-12-13-17-20-18(2)15-14-16-19(20)3;/h14-16H,4-13,17H2,1-3H3;1H/q+1;/p-1. The molecule has 0 spiro atoms. The third kappa shape index (κ3) is 9.29. The van der Waals surface area contributed by atoms with E-state index in [1.807, 2.05) is 0 Å². The maximum absolute atomic E-state index is 2.45. The van der Waals surface area contributed by atoms with E-state index in [4.69, 9.17) is 0 Å². The largest absolute Gasteiger partial charge is 1.00 e. The second-order valence-corrected chi connectivity index (χ2v) is 6.14. The summed E-state index contributed by atoms with van der Waals surface area (Å²) in [6.45, 7) is 7.90. The first-order valence-electron chi connectivity index (χ1n) is 8.71. The number of aryl methyl sites for hydroxylation is 2. The van der Waals surface area contributed by atoms with Crippen LogP contribution in [-0.4, -0.2) is 0 Å². The Morgan fingerprint density at radius 3 is 1.62 bits per heavy atom. The first-order valence-corrected chi connectivity index (χ1v) is 8.71. The van der Waals surface area contributed by atoms with Crippen molar-refractivity contribution < 1.29 is 21.5 Å². The summed E-state index contributed by atoms with van der Waals surface area (Å²) in [7, 11) is 0. The Labute approximate surface area is 142 Å². The fraction of sp³-hybridized carbons (Fsp3) is 0.737. The van der Waals surface area contributed by atoms with Gasteiger partial charge in [-0.15, -0.1) is 0 Å². The van der Waals surface area contributed by atoms with Gasteiger partial charge in [-0.3, -0.25) is 0 Å². The highest BCUT2D eigenvalue weighted by atomic mass is 79.9. The van der Waals surface area contributed by atoms with Crippen LogP contribution in [-0.2, 0) is 6.54 Å². The van der Waals surface area contributed by atoms with E-state index >= 15 is 0 Å². The molecule has 1 heterocycles. The van der Waals surface area contributed by atoms with Crippen molar-refractivity contribution in [3.8, 4) is 0 Å². The fourth-order valence-electron chi connectivity index (χ4n) is 2.89. The maximum Gasteiger partial charge on any atom is 0.178 e. The zero-order valence-corrected chi connectivity index (χ0v) is 15.9. The number of unbranched alkanes of at least 4 members (excludes halogenated alkanes) is 9. The van der Waals surface area contributed by atoms with Crippen LogP contribution in [0.25, 0.3) is 0 Å². The van der Waals surface area contributed by atoms with Gasteiger partial charge in [0.25, 0.3) is 0 Å². The lowest BCUT2D eigenvalue weighted by molar-refractivity contribution is -0.709. The minimum Gasteiger partial charge on any atom is -1.00 e. The third-order valence-electron chi connectivity index (χ3n) is 4.26. The predicted octanol–water partition coefficient (Wildman–Crippen LogP) is 2.52. The van der Waals surface area contributed by atoms with Crippen LogP contribution in [0.3, 0.4) is 0 Å². The second kappa shape index (κ2) is 13.3. The average molecular weight is 356 g/mol. The smallest absolute Gasteiger partial charge is 0.178 e. The Balaban J connectivity index is 0.00000400. The second-order valence-electron chi connectivity index (χ2n) is 6.14. The molecule has 0 saturated heterocycles. The summed E-state index contributed by atoms with van der Waals surface area (Å²) in [5, 5.41) is 0. The maximum atomic E-state index is 2.45. The summed E-state index contributed by atoms with van der Waals surface area (Å²) in [6, 6.07) is 6.58. The van der Waals surface area contributed by atoms with E-state index in [1.54, 1.807) is 0 Å². The van der Waals surface area contributed by atoms with Crippen LogP contribution in [0.4, 0.5) is 0 Å². The molecule has 0 aromatic carbocycles. The van der Waals surface area contributed by atoms with Crippen LogP contribution in [0.5, 0.6) is 0 Å². The molecule has 2 heteroatoms. The molecule has 0 N–H and O–H groups in total. The molecule has 0 aliphatic carbocycles. The van der Waals surface area contributed by atoms with E-state index < -0.39 is 0 Å². The Bertz CT molecular complexity index is 342. The summed E-state index contributed by atoms with van der Waals surface area (Å²) < 4.78 is 2.45. The van der Waals surface area contributed by atoms with Crippen LogP contribution in [0.2, 0.25) is 0 Å². The molecule has 0 aliphatic rings. The first-order chi connectivity index (χ1) is 9.75. The zero-order valence-electron chi connectivity index (χ0n) is 14.3. The van der Waals surface area contributed by atoms with Crippen molar-refractivity contribution in [3.05, 3.63) is 29.6 Å². The van der Waals surface area contributed by atoms with Gasteiger partial charge in [0.2, 0.25) is 0 Å². The zero-order chi connectivity index (χ0) is 14.6. The molecule has 0 atom stereocenters. The average Bonchev–Trinajstić information content (AvgIpc) is 2.43. The predicted molar refractivity (Wildman–Crippen MR) is 88.0 cm³/mol. The van der Waals surface area contributed by atoms with Gasteiger partial charge in [0.15, 0.2) is 11.4 Å². The quantitative estimate of drug-likeness (QED) is 0.424. The van der Waals surface area contributed by atoms with E-state index in [2.05, 4.69) is 43.5 Å². The molecule has 0 unspecified atom stereocenters. The van der Waals surface area contributed by atoms with Crippen molar-refractivity contribution in [2.45, 2.75) is 91.5 Å². The Morgan fingerprint density at radius 1 is 0.714 bits per heavy atom. The van der Waals surface area contributed by atoms with Crippen LogP contribution >= 0.6 is 0 Å². The molecular weight excluding hydrogens is 322 g/mol. The number of pyridine rings is 1. The highest BCUT2D eigenvalue weighted by Crippen LogP contribution is 2.10. The Kier molecular flexibility index (Phi) is 13.1. The molecule has 0 aliphatic heterocycles. The summed E-state index contributed by atoms with van der Waals surface area (Å²) >= 11 is 0. The van der Waals surface area contributed by atoms with Crippen molar-refractivity contribution in [2.24, 2.45) is 0 Å². The van der Waals surface area contributed by atoms with E-state index in [0.717, 1.165) is 0 Å². The van der Waals surface area contributed by atoms with Gasteiger partial charge in [-0.1, -0.05) is 58.3 Å². The van der Waals surface area contributed by atoms with E-state index in [0.29, 0.717) is 0 Å². The first kappa shape index (κ1) is 20.6.